The first kappa shape index (κ1) is 16.3. The molecule has 1 amide bonds. The fraction of sp³-hybridized carbons (Fsp3) is 0. The number of aromatic nitrogens is 2. The summed E-state index contributed by atoms with van der Waals surface area (Å²) in [6, 6.07) is 9.63. The van der Waals surface area contributed by atoms with Crippen LogP contribution in [-0.2, 0) is 0 Å². The van der Waals surface area contributed by atoms with Crippen LogP contribution in [-0.4, -0.2) is 15.5 Å². The minimum Gasteiger partial charge on any atom is -0.322 e. The van der Waals surface area contributed by atoms with Gasteiger partial charge < -0.3 is 10.3 Å². The van der Waals surface area contributed by atoms with Crippen molar-refractivity contribution >= 4 is 11.6 Å². The van der Waals surface area contributed by atoms with E-state index in [1.54, 1.807) is 0 Å². The third-order valence-electron chi connectivity index (χ3n) is 3.41. The second-order valence-electron chi connectivity index (χ2n) is 5.09. The van der Waals surface area contributed by atoms with Crippen LogP contribution in [0.5, 0.6) is 0 Å². The molecule has 1 aromatic heterocycles. The van der Waals surface area contributed by atoms with E-state index in [2.05, 4.69) is 10.3 Å². The summed E-state index contributed by atoms with van der Waals surface area (Å²) in [6.07, 6.45) is 0.990. The van der Waals surface area contributed by atoms with Gasteiger partial charge in [-0.3, -0.25) is 9.59 Å². The van der Waals surface area contributed by atoms with Crippen molar-refractivity contribution in [1.29, 1.82) is 0 Å². The van der Waals surface area contributed by atoms with Gasteiger partial charge >= 0.3 is 5.69 Å². The molecule has 3 aromatic rings. The SMILES string of the molecule is O=C(Nc1ccc(F)cc1)c1c[nH]c(=O)n(-c2ccc(F)cc2)c1=O. The molecule has 0 radical (unpaired) electrons. The van der Waals surface area contributed by atoms with Crippen molar-refractivity contribution in [2.24, 2.45) is 0 Å². The van der Waals surface area contributed by atoms with E-state index in [-0.39, 0.29) is 16.9 Å². The Morgan fingerprint density at radius 1 is 0.920 bits per heavy atom. The number of aromatic amines is 1. The standard InChI is InChI=1S/C17H11F2N3O3/c18-10-1-5-12(6-2-10)21-15(23)14-9-20-17(25)22(16(14)24)13-7-3-11(19)4-8-13/h1-9H,(H,20,25)(H,21,23). The Morgan fingerprint density at radius 3 is 2.08 bits per heavy atom. The predicted molar refractivity (Wildman–Crippen MR) is 87.0 cm³/mol. The maximum Gasteiger partial charge on any atom is 0.333 e. The van der Waals surface area contributed by atoms with E-state index >= 15 is 0 Å². The van der Waals surface area contributed by atoms with Crippen LogP contribution in [0, 0.1) is 11.6 Å². The van der Waals surface area contributed by atoms with E-state index in [4.69, 9.17) is 0 Å². The fourth-order valence-electron chi connectivity index (χ4n) is 2.19. The van der Waals surface area contributed by atoms with Crippen molar-refractivity contribution in [2.75, 3.05) is 5.32 Å². The van der Waals surface area contributed by atoms with Gasteiger partial charge in [-0.25, -0.2) is 18.1 Å². The lowest BCUT2D eigenvalue weighted by molar-refractivity contribution is 0.102. The van der Waals surface area contributed by atoms with Crippen molar-refractivity contribution < 1.29 is 13.6 Å². The molecule has 0 aliphatic rings. The number of halogens is 2. The zero-order valence-corrected chi connectivity index (χ0v) is 12.6. The molecular weight excluding hydrogens is 332 g/mol. The summed E-state index contributed by atoms with van der Waals surface area (Å²) in [4.78, 5) is 39.0. The van der Waals surface area contributed by atoms with Gasteiger partial charge in [0, 0.05) is 11.9 Å². The Bertz CT molecular complexity index is 1040. The summed E-state index contributed by atoms with van der Waals surface area (Å²) in [7, 11) is 0. The average molecular weight is 343 g/mol. The normalized spacial score (nSPS) is 10.5. The molecule has 0 saturated carbocycles. The van der Waals surface area contributed by atoms with E-state index in [1.807, 2.05) is 0 Å². The number of amides is 1. The molecule has 0 unspecified atom stereocenters. The lowest BCUT2D eigenvalue weighted by Gasteiger charge is -2.08. The highest BCUT2D eigenvalue weighted by molar-refractivity contribution is 6.03. The van der Waals surface area contributed by atoms with Crippen LogP contribution in [0.2, 0.25) is 0 Å². The van der Waals surface area contributed by atoms with Gasteiger partial charge in [0.05, 0.1) is 5.69 Å². The molecule has 3 rings (SSSR count). The number of benzene rings is 2. The summed E-state index contributed by atoms with van der Waals surface area (Å²) in [5.74, 6) is -1.78. The van der Waals surface area contributed by atoms with E-state index in [0.717, 1.165) is 35.0 Å². The Balaban J connectivity index is 2.00. The van der Waals surface area contributed by atoms with E-state index in [0.29, 0.717) is 0 Å². The summed E-state index contributed by atoms with van der Waals surface area (Å²) in [5.41, 5.74) is -1.56. The first-order chi connectivity index (χ1) is 12.0. The van der Waals surface area contributed by atoms with Crippen molar-refractivity contribution in [3.63, 3.8) is 0 Å². The molecule has 6 nitrogen and oxygen atoms in total. The van der Waals surface area contributed by atoms with Crippen LogP contribution in [0.25, 0.3) is 5.69 Å². The first-order valence-electron chi connectivity index (χ1n) is 7.13. The molecule has 0 fully saturated rings. The fourth-order valence-corrected chi connectivity index (χ4v) is 2.19. The molecule has 0 saturated heterocycles. The van der Waals surface area contributed by atoms with Gasteiger partial charge in [0.25, 0.3) is 11.5 Å². The van der Waals surface area contributed by atoms with Gasteiger partial charge in [-0.15, -0.1) is 0 Å². The summed E-state index contributed by atoms with van der Waals surface area (Å²) in [6.45, 7) is 0. The Hall–Kier alpha value is -3.55. The Labute approximate surface area is 139 Å². The van der Waals surface area contributed by atoms with Crippen molar-refractivity contribution in [3.8, 4) is 5.69 Å². The number of carbonyl (C=O) groups is 1. The number of rotatable bonds is 3. The molecule has 8 heteroatoms. The average Bonchev–Trinajstić information content (AvgIpc) is 2.58. The van der Waals surface area contributed by atoms with Gasteiger partial charge in [-0.05, 0) is 48.5 Å². The van der Waals surface area contributed by atoms with Gasteiger partial charge in [0.15, 0.2) is 0 Å². The number of H-pyrrole nitrogens is 1. The second kappa shape index (κ2) is 6.52. The maximum atomic E-state index is 13.0. The van der Waals surface area contributed by atoms with Crippen LogP contribution in [0.15, 0.2) is 64.3 Å². The molecule has 0 bridgehead atoms. The molecule has 0 aliphatic carbocycles. The van der Waals surface area contributed by atoms with Crippen LogP contribution in [0.3, 0.4) is 0 Å². The number of nitrogens with zero attached hydrogens (tertiary/aromatic N) is 1. The number of hydrogen-bond donors (Lipinski definition) is 2. The smallest absolute Gasteiger partial charge is 0.322 e. The van der Waals surface area contributed by atoms with Crippen molar-refractivity contribution in [3.05, 3.63) is 92.8 Å². The summed E-state index contributed by atoms with van der Waals surface area (Å²) >= 11 is 0. The first-order valence-corrected chi connectivity index (χ1v) is 7.13. The van der Waals surface area contributed by atoms with E-state index in [1.165, 1.54) is 24.3 Å². The quantitative estimate of drug-likeness (QED) is 0.763. The summed E-state index contributed by atoms with van der Waals surface area (Å²) in [5, 5.41) is 2.43. The van der Waals surface area contributed by atoms with Crippen molar-refractivity contribution in [2.45, 2.75) is 0 Å². The molecule has 2 aromatic carbocycles. The lowest BCUT2D eigenvalue weighted by Crippen LogP contribution is -2.38. The third-order valence-corrected chi connectivity index (χ3v) is 3.41. The molecule has 25 heavy (non-hydrogen) atoms. The molecule has 126 valence electrons. The maximum absolute atomic E-state index is 13.0. The molecule has 0 spiro atoms. The molecule has 0 aliphatic heterocycles. The third kappa shape index (κ3) is 3.37. The van der Waals surface area contributed by atoms with Crippen molar-refractivity contribution in [1.82, 2.24) is 9.55 Å². The molecule has 2 N–H and O–H groups in total. The zero-order chi connectivity index (χ0) is 18.0. The minimum atomic E-state index is -0.866. The van der Waals surface area contributed by atoms with Gasteiger partial charge in [0.2, 0.25) is 0 Å². The Kier molecular flexibility index (Phi) is 4.25. The molecule has 0 atom stereocenters. The van der Waals surface area contributed by atoms with Crippen LogP contribution in [0.4, 0.5) is 14.5 Å². The molecule has 1 heterocycles. The highest BCUT2D eigenvalue weighted by Crippen LogP contribution is 2.09. The number of carbonyl (C=O) groups excluding carboxylic acids is 1. The number of hydrogen-bond acceptors (Lipinski definition) is 3. The van der Waals surface area contributed by atoms with Crippen LogP contribution >= 0.6 is 0 Å². The Morgan fingerprint density at radius 2 is 1.48 bits per heavy atom. The van der Waals surface area contributed by atoms with Gasteiger partial charge in [-0.1, -0.05) is 0 Å². The number of anilines is 1. The monoisotopic (exact) mass is 343 g/mol. The largest absolute Gasteiger partial charge is 0.333 e. The zero-order valence-electron chi connectivity index (χ0n) is 12.6. The van der Waals surface area contributed by atoms with E-state index in [9.17, 15) is 23.2 Å². The lowest BCUT2D eigenvalue weighted by atomic mass is 10.2. The second-order valence-corrected chi connectivity index (χ2v) is 5.09. The number of nitrogens with one attached hydrogen (secondary N) is 2. The van der Waals surface area contributed by atoms with E-state index < -0.39 is 28.8 Å². The van der Waals surface area contributed by atoms with Crippen LogP contribution in [0.1, 0.15) is 10.4 Å². The molecular formula is C17H11F2N3O3. The van der Waals surface area contributed by atoms with Crippen LogP contribution < -0.4 is 16.6 Å². The predicted octanol–water partition coefficient (Wildman–Crippen LogP) is 2.06. The van der Waals surface area contributed by atoms with Gasteiger partial charge in [0.1, 0.15) is 17.2 Å². The van der Waals surface area contributed by atoms with Gasteiger partial charge in [-0.2, -0.15) is 0 Å². The highest BCUT2D eigenvalue weighted by Gasteiger charge is 2.16. The summed E-state index contributed by atoms with van der Waals surface area (Å²) < 4.78 is 26.6. The topological polar surface area (TPSA) is 84.0 Å². The minimum absolute atomic E-state index is 0.115. The highest BCUT2D eigenvalue weighted by atomic mass is 19.1.